The third-order valence-electron chi connectivity index (χ3n) is 3.56. The van der Waals surface area contributed by atoms with Crippen molar-refractivity contribution in [1.29, 1.82) is 0 Å². The molecule has 1 atom stereocenters. The first-order valence-electron chi connectivity index (χ1n) is 8.39. The maximum atomic E-state index is 12.8. The van der Waals surface area contributed by atoms with Gasteiger partial charge in [-0.1, -0.05) is 41.9 Å². The molecule has 0 heterocycles. The van der Waals surface area contributed by atoms with Gasteiger partial charge in [-0.3, -0.25) is 4.79 Å². The molecule has 1 amide bonds. The van der Waals surface area contributed by atoms with Crippen molar-refractivity contribution >= 4 is 38.5 Å². The van der Waals surface area contributed by atoms with Gasteiger partial charge in [0, 0.05) is 28.8 Å². The van der Waals surface area contributed by atoms with E-state index in [-0.39, 0.29) is 5.91 Å². The normalized spacial score (nSPS) is 12.2. The number of anilines is 1. The lowest BCUT2D eigenvalue weighted by molar-refractivity contribution is 0.102. The summed E-state index contributed by atoms with van der Waals surface area (Å²) in [5.74, 6) is -0.213. The zero-order valence-corrected chi connectivity index (χ0v) is 16.9. The highest BCUT2D eigenvalue weighted by Crippen LogP contribution is 2.18. The summed E-state index contributed by atoms with van der Waals surface area (Å²) in [6, 6.07) is 14.5. The smallest absolute Gasteiger partial charge is 0.255 e. The molecule has 0 saturated carbocycles. The number of rotatable bonds is 8. The number of benzene rings is 2. The van der Waals surface area contributed by atoms with Crippen LogP contribution in [0.1, 0.15) is 37.0 Å². The van der Waals surface area contributed by atoms with E-state index in [0.717, 1.165) is 30.4 Å². The van der Waals surface area contributed by atoms with Gasteiger partial charge in [0.15, 0.2) is 0 Å². The van der Waals surface area contributed by atoms with Gasteiger partial charge in [-0.05, 0) is 49.2 Å². The molecular weight excluding hydrogens is 400 g/mol. The molecule has 6 heteroatoms. The summed E-state index contributed by atoms with van der Waals surface area (Å²) in [7, 11) is -1.25. The fourth-order valence-electron chi connectivity index (χ4n) is 2.44. The van der Waals surface area contributed by atoms with Crippen LogP contribution in [-0.4, -0.2) is 27.5 Å². The van der Waals surface area contributed by atoms with Crippen LogP contribution in [0.15, 0.2) is 57.9 Å². The minimum absolute atomic E-state index is 0.213. The van der Waals surface area contributed by atoms with E-state index < -0.39 is 11.0 Å². The highest BCUT2D eigenvalue weighted by Gasteiger charge is 2.15. The lowest BCUT2D eigenvalue weighted by Crippen LogP contribution is -2.28. The van der Waals surface area contributed by atoms with Crippen LogP contribution in [-0.2, 0) is 11.0 Å². The van der Waals surface area contributed by atoms with E-state index in [2.05, 4.69) is 35.1 Å². The number of nitrogens with one attached hydrogen (secondary N) is 1. The number of carbonyl (C=O) groups excluding carboxylic acids is 1. The molecule has 2 aromatic rings. The van der Waals surface area contributed by atoms with Crippen molar-refractivity contribution in [2.45, 2.75) is 31.6 Å². The van der Waals surface area contributed by atoms with Crippen LogP contribution in [0, 0.1) is 0 Å². The summed E-state index contributed by atoms with van der Waals surface area (Å²) in [6.45, 7) is 5.69. The third kappa shape index (κ3) is 5.76. The van der Waals surface area contributed by atoms with Crippen molar-refractivity contribution in [2.75, 3.05) is 18.4 Å². The van der Waals surface area contributed by atoms with Gasteiger partial charge in [0.1, 0.15) is 11.0 Å². The van der Waals surface area contributed by atoms with Crippen LogP contribution in [0.5, 0.6) is 0 Å². The molecule has 0 aliphatic heterocycles. The van der Waals surface area contributed by atoms with Gasteiger partial charge in [0.2, 0.25) is 0 Å². The largest absolute Gasteiger partial charge is 0.322 e. The molecule has 134 valence electrons. The first-order chi connectivity index (χ1) is 12.0. The lowest BCUT2D eigenvalue weighted by atomic mass is 10.2. The van der Waals surface area contributed by atoms with E-state index in [1.807, 2.05) is 34.6 Å². The van der Waals surface area contributed by atoms with Crippen molar-refractivity contribution in [3.8, 4) is 0 Å². The van der Waals surface area contributed by atoms with Crippen LogP contribution in [0.2, 0.25) is 0 Å². The molecule has 0 spiro atoms. The maximum Gasteiger partial charge on any atom is 0.255 e. The topological polar surface area (TPSA) is 49.4 Å². The molecule has 2 aromatic carbocycles. The van der Waals surface area contributed by atoms with Crippen LogP contribution in [0.4, 0.5) is 5.69 Å². The van der Waals surface area contributed by atoms with E-state index in [9.17, 15) is 9.00 Å². The SMILES string of the molecule is CCCN(CCC)S(=O)c1cccc(C(=O)Nc2cccc(Br)c2)c1. The van der Waals surface area contributed by atoms with Gasteiger partial charge >= 0.3 is 0 Å². The van der Waals surface area contributed by atoms with E-state index in [0.29, 0.717) is 16.1 Å². The number of halogens is 1. The molecule has 0 radical (unpaired) electrons. The highest BCUT2D eigenvalue weighted by molar-refractivity contribution is 9.10. The van der Waals surface area contributed by atoms with Crippen molar-refractivity contribution in [3.63, 3.8) is 0 Å². The Morgan fingerprint density at radius 2 is 1.76 bits per heavy atom. The first-order valence-corrected chi connectivity index (χ1v) is 10.3. The Morgan fingerprint density at radius 1 is 1.08 bits per heavy atom. The van der Waals surface area contributed by atoms with E-state index >= 15 is 0 Å². The average molecular weight is 423 g/mol. The minimum Gasteiger partial charge on any atom is -0.322 e. The molecule has 0 fully saturated rings. The Hall–Kier alpha value is -1.50. The Balaban J connectivity index is 2.16. The first kappa shape index (κ1) is 19.8. The predicted octanol–water partition coefficient (Wildman–Crippen LogP) is 4.85. The monoisotopic (exact) mass is 422 g/mol. The maximum absolute atomic E-state index is 12.8. The standard InChI is InChI=1S/C19H23BrN2O2S/c1-3-11-22(12-4-2)25(24)18-10-5-7-15(13-18)19(23)21-17-9-6-8-16(20)14-17/h5-10,13-14H,3-4,11-12H2,1-2H3,(H,21,23). The Labute approximate surface area is 160 Å². The fourth-order valence-corrected chi connectivity index (χ4v) is 4.26. The lowest BCUT2D eigenvalue weighted by Gasteiger charge is -2.20. The van der Waals surface area contributed by atoms with Gasteiger partial charge in [-0.2, -0.15) is 0 Å². The fraction of sp³-hybridized carbons (Fsp3) is 0.316. The van der Waals surface area contributed by atoms with Crippen LogP contribution in [0.25, 0.3) is 0 Å². The molecule has 4 nitrogen and oxygen atoms in total. The minimum atomic E-state index is -1.25. The van der Waals surface area contributed by atoms with Crippen molar-refractivity contribution in [2.24, 2.45) is 0 Å². The summed E-state index contributed by atoms with van der Waals surface area (Å²) in [6.07, 6.45) is 1.88. The Bertz CT molecular complexity index is 746. The number of hydrogen-bond acceptors (Lipinski definition) is 2. The summed E-state index contributed by atoms with van der Waals surface area (Å²) in [5.41, 5.74) is 1.21. The van der Waals surface area contributed by atoms with Gasteiger partial charge in [0.05, 0.1) is 4.90 Å². The summed E-state index contributed by atoms with van der Waals surface area (Å²) < 4.78 is 15.6. The molecular formula is C19H23BrN2O2S. The van der Waals surface area contributed by atoms with Gasteiger partial charge in [0.25, 0.3) is 5.91 Å². The van der Waals surface area contributed by atoms with Crippen LogP contribution in [0.3, 0.4) is 0 Å². The van der Waals surface area contributed by atoms with Crippen molar-refractivity contribution < 1.29 is 9.00 Å². The van der Waals surface area contributed by atoms with E-state index in [1.54, 1.807) is 18.2 Å². The van der Waals surface area contributed by atoms with E-state index in [1.165, 1.54) is 0 Å². The Kier molecular flexibility index (Phi) is 7.81. The van der Waals surface area contributed by atoms with Crippen LogP contribution < -0.4 is 5.32 Å². The average Bonchev–Trinajstić information content (AvgIpc) is 2.61. The van der Waals surface area contributed by atoms with Crippen molar-refractivity contribution in [1.82, 2.24) is 4.31 Å². The predicted molar refractivity (Wildman–Crippen MR) is 107 cm³/mol. The Morgan fingerprint density at radius 3 is 2.40 bits per heavy atom. The molecule has 2 rings (SSSR count). The summed E-state index contributed by atoms with van der Waals surface area (Å²) >= 11 is 3.39. The second-order valence-electron chi connectivity index (χ2n) is 5.67. The third-order valence-corrected chi connectivity index (χ3v) is 5.55. The quantitative estimate of drug-likeness (QED) is 0.660. The van der Waals surface area contributed by atoms with Crippen LogP contribution >= 0.6 is 15.9 Å². The molecule has 0 aromatic heterocycles. The second-order valence-corrected chi connectivity index (χ2v) is 8.07. The van der Waals surface area contributed by atoms with Crippen molar-refractivity contribution in [3.05, 3.63) is 58.6 Å². The highest BCUT2D eigenvalue weighted by atomic mass is 79.9. The second kappa shape index (κ2) is 9.85. The number of nitrogens with zero attached hydrogens (tertiary/aromatic N) is 1. The molecule has 1 unspecified atom stereocenters. The van der Waals surface area contributed by atoms with E-state index in [4.69, 9.17) is 0 Å². The van der Waals surface area contributed by atoms with Gasteiger partial charge in [-0.15, -0.1) is 0 Å². The van der Waals surface area contributed by atoms with Gasteiger partial charge in [-0.25, -0.2) is 8.51 Å². The zero-order valence-electron chi connectivity index (χ0n) is 14.5. The summed E-state index contributed by atoms with van der Waals surface area (Å²) in [5, 5.41) is 2.86. The summed E-state index contributed by atoms with van der Waals surface area (Å²) in [4.78, 5) is 13.1. The molecule has 0 aliphatic rings. The molecule has 0 bridgehead atoms. The number of hydrogen-bond donors (Lipinski definition) is 1. The number of amides is 1. The molecule has 25 heavy (non-hydrogen) atoms. The number of carbonyl (C=O) groups is 1. The zero-order chi connectivity index (χ0) is 18.2. The molecule has 0 aliphatic carbocycles. The van der Waals surface area contributed by atoms with Gasteiger partial charge < -0.3 is 5.32 Å². The molecule has 1 N–H and O–H groups in total. The molecule has 0 saturated heterocycles.